The Morgan fingerprint density at radius 2 is 0.775 bits per heavy atom. The molecule has 0 amide bonds. The number of para-hydroxylation sites is 2. The van der Waals surface area contributed by atoms with Crippen LogP contribution >= 0.6 is 0 Å². The molecule has 0 aliphatic heterocycles. The van der Waals surface area contributed by atoms with E-state index in [1.54, 1.807) is 0 Å². The number of hydrogen-bond donors (Lipinski definition) is 0. The summed E-state index contributed by atoms with van der Waals surface area (Å²) >= 11 is 0. The first-order chi connectivity index (χ1) is 35.2. The van der Waals surface area contributed by atoms with Crippen LogP contribution in [0.3, 0.4) is 0 Å². The molecule has 0 saturated carbocycles. The normalized spacial score (nSPS) is 11.7. The predicted octanol–water partition coefficient (Wildman–Crippen LogP) is 19.1. The highest BCUT2D eigenvalue weighted by Gasteiger charge is 2.22. The summed E-state index contributed by atoms with van der Waals surface area (Å²) in [6.07, 6.45) is 0. The molecule has 0 bridgehead atoms. The summed E-state index contributed by atoms with van der Waals surface area (Å²) in [4.78, 5) is 2.34. The van der Waals surface area contributed by atoms with Crippen LogP contribution in [0.1, 0.15) is 0 Å². The number of aromatic nitrogens is 1. The highest BCUT2D eigenvalue weighted by Crippen LogP contribution is 2.46. The van der Waals surface area contributed by atoms with E-state index in [-0.39, 0.29) is 0 Å². The monoisotopic (exact) mass is 904 g/mol. The van der Waals surface area contributed by atoms with Crippen LogP contribution in [0.5, 0.6) is 0 Å². The number of benzene rings is 12. The van der Waals surface area contributed by atoms with Gasteiger partial charge in [-0.3, -0.25) is 0 Å². The van der Waals surface area contributed by atoms with E-state index in [1.165, 1.54) is 77.0 Å². The molecule has 3 heteroatoms. The molecular formula is C68H44N2O. The Kier molecular flexibility index (Phi) is 9.53. The SMILES string of the molecule is c1ccc(-c2ccc(N(c3ccc(-c4ccc(-c5ccc(-c6ccc7c8ccccc8n(-c8ccc9ccccc9c8)c7c6)cc5)cc4)cc3)c3cc4ccccc4c4c3oc3ccccc34)cc2)cc1. The van der Waals surface area contributed by atoms with Crippen molar-refractivity contribution in [2.45, 2.75) is 0 Å². The average molecular weight is 905 g/mol. The van der Waals surface area contributed by atoms with Crippen molar-refractivity contribution in [2.24, 2.45) is 0 Å². The average Bonchev–Trinajstić information content (AvgIpc) is 4.00. The van der Waals surface area contributed by atoms with Crippen LogP contribution in [-0.4, -0.2) is 4.57 Å². The van der Waals surface area contributed by atoms with Crippen molar-refractivity contribution in [2.75, 3.05) is 4.90 Å². The Bertz CT molecular complexity index is 4300. The molecule has 0 aliphatic carbocycles. The fraction of sp³-hybridized carbons (Fsp3) is 0. The Hall–Kier alpha value is -9.44. The van der Waals surface area contributed by atoms with Gasteiger partial charge in [0, 0.05) is 38.6 Å². The smallest absolute Gasteiger partial charge is 0.160 e. The van der Waals surface area contributed by atoms with Gasteiger partial charge in [-0.25, -0.2) is 0 Å². The van der Waals surface area contributed by atoms with Gasteiger partial charge >= 0.3 is 0 Å². The lowest BCUT2D eigenvalue weighted by molar-refractivity contribution is 0.669. The Morgan fingerprint density at radius 1 is 0.296 bits per heavy atom. The van der Waals surface area contributed by atoms with E-state index in [4.69, 9.17) is 4.42 Å². The van der Waals surface area contributed by atoms with Gasteiger partial charge in [0.1, 0.15) is 5.58 Å². The molecule has 0 spiro atoms. The maximum Gasteiger partial charge on any atom is 0.160 e. The molecule has 2 aromatic heterocycles. The maximum absolute atomic E-state index is 6.79. The van der Waals surface area contributed by atoms with Crippen LogP contribution in [0, 0.1) is 0 Å². The van der Waals surface area contributed by atoms with Crippen molar-refractivity contribution >= 4 is 82.4 Å². The van der Waals surface area contributed by atoms with E-state index in [0.717, 1.165) is 55.5 Å². The van der Waals surface area contributed by atoms with Crippen LogP contribution < -0.4 is 4.90 Å². The van der Waals surface area contributed by atoms with Crippen LogP contribution in [0.4, 0.5) is 17.1 Å². The van der Waals surface area contributed by atoms with Crippen molar-refractivity contribution in [1.29, 1.82) is 0 Å². The quantitative estimate of drug-likeness (QED) is 0.151. The van der Waals surface area contributed by atoms with Gasteiger partial charge in [-0.15, -0.1) is 0 Å². The maximum atomic E-state index is 6.79. The van der Waals surface area contributed by atoms with Crippen LogP contribution in [-0.2, 0) is 0 Å². The van der Waals surface area contributed by atoms with Crippen LogP contribution in [0.15, 0.2) is 271 Å². The zero-order chi connectivity index (χ0) is 46.8. The molecule has 332 valence electrons. The summed E-state index contributed by atoms with van der Waals surface area (Å²) in [6, 6.07) is 96.5. The minimum Gasteiger partial charge on any atom is -0.454 e. The molecule has 3 nitrogen and oxygen atoms in total. The van der Waals surface area contributed by atoms with Gasteiger partial charge in [0.25, 0.3) is 0 Å². The van der Waals surface area contributed by atoms with E-state index >= 15 is 0 Å². The summed E-state index contributed by atoms with van der Waals surface area (Å²) in [5.41, 5.74) is 17.8. The highest BCUT2D eigenvalue weighted by molar-refractivity contribution is 6.23. The first-order valence-corrected chi connectivity index (χ1v) is 24.3. The molecule has 14 rings (SSSR count). The molecule has 2 heterocycles. The summed E-state index contributed by atoms with van der Waals surface area (Å²) in [7, 11) is 0. The van der Waals surface area contributed by atoms with E-state index in [1.807, 2.05) is 6.07 Å². The van der Waals surface area contributed by atoms with Gasteiger partial charge in [0.15, 0.2) is 5.58 Å². The summed E-state index contributed by atoms with van der Waals surface area (Å²) in [5.74, 6) is 0. The fourth-order valence-corrected chi connectivity index (χ4v) is 10.8. The molecule has 12 aromatic carbocycles. The molecule has 71 heavy (non-hydrogen) atoms. The fourth-order valence-electron chi connectivity index (χ4n) is 10.8. The Labute approximate surface area is 411 Å². The van der Waals surface area contributed by atoms with Gasteiger partial charge < -0.3 is 13.9 Å². The number of fused-ring (bicyclic) bond motifs is 9. The molecule has 0 aliphatic rings. The number of furan rings is 1. The lowest BCUT2D eigenvalue weighted by Gasteiger charge is -2.26. The van der Waals surface area contributed by atoms with Crippen molar-refractivity contribution in [1.82, 2.24) is 4.57 Å². The van der Waals surface area contributed by atoms with Crippen molar-refractivity contribution in [3.05, 3.63) is 267 Å². The number of rotatable bonds is 8. The molecule has 0 unspecified atom stereocenters. The minimum atomic E-state index is 0.867. The zero-order valence-electron chi connectivity index (χ0n) is 38.7. The van der Waals surface area contributed by atoms with Gasteiger partial charge in [-0.2, -0.15) is 0 Å². The minimum absolute atomic E-state index is 0.867. The first-order valence-electron chi connectivity index (χ1n) is 24.3. The molecule has 0 saturated heterocycles. The van der Waals surface area contributed by atoms with Crippen molar-refractivity contribution in [3.63, 3.8) is 0 Å². The molecule has 0 N–H and O–H groups in total. The third kappa shape index (κ3) is 6.97. The zero-order valence-corrected chi connectivity index (χ0v) is 38.7. The molecular weight excluding hydrogens is 861 g/mol. The largest absolute Gasteiger partial charge is 0.454 e. The number of anilines is 3. The third-order valence-corrected chi connectivity index (χ3v) is 14.4. The second-order valence-electron chi connectivity index (χ2n) is 18.5. The third-order valence-electron chi connectivity index (χ3n) is 14.4. The number of hydrogen-bond acceptors (Lipinski definition) is 2. The summed E-state index contributed by atoms with van der Waals surface area (Å²) < 4.78 is 9.20. The highest BCUT2D eigenvalue weighted by atomic mass is 16.3. The van der Waals surface area contributed by atoms with Gasteiger partial charge in [0.05, 0.1) is 16.7 Å². The standard InChI is InChI=1S/C68H44N2O/c1-2-12-45(13-3-1)50-30-36-56(37-31-50)69(65-44-55-16-6-7-17-59(55)67-62-19-9-11-21-66(62)71-68(65)67)57-38-32-51(33-39-57)49-24-22-47(23-25-49)48-26-28-52(29-27-48)54-35-41-61-60-18-8-10-20-63(60)70(64(61)43-54)58-40-34-46-14-4-5-15-53(46)42-58/h1-44H. The van der Waals surface area contributed by atoms with Gasteiger partial charge in [-0.1, -0.05) is 206 Å². The molecule has 0 radical (unpaired) electrons. The van der Waals surface area contributed by atoms with Gasteiger partial charge in [0.2, 0.25) is 0 Å². The molecule has 0 atom stereocenters. The van der Waals surface area contributed by atoms with Crippen LogP contribution in [0.25, 0.3) is 115 Å². The van der Waals surface area contributed by atoms with Crippen LogP contribution in [0.2, 0.25) is 0 Å². The molecule has 0 fully saturated rings. The summed E-state index contributed by atoms with van der Waals surface area (Å²) in [6.45, 7) is 0. The second kappa shape index (κ2) is 16.7. The van der Waals surface area contributed by atoms with Crippen molar-refractivity contribution in [3.8, 4) is 50.2 Å². The van der Waals surface area contributed by atoms with E-state index in [0.29, 0.717) is 0 Å². The van der Waals surface area contributed by atoms with Crippen molar-refractivity contribution < 1.29 is 4.42 Å². The lowest BCUT2D eigenvalue weighted by Crippen LogP contribution is -2.10. The molecule has 14 aromatic rings. The Morgan fingerprint density at radius 3 is 1.44 bits per heavy atom. The topological polar surface area (TPSA) is 21.3 Å². The van der Waals surface area contributed by atoms with Gasteiger partial charge in [-0.05, 0) is 127 Å². The second-order valence-corrected chi connectivity index (χ2v) is 18.5. The first kappa shape index (κ1) is 40.6. The van der Waals surface area contributed by atoms with E-state index < -0.39 is 0 Å². The van der Waals surface area contributed by atoms with E-state index in [9.17, 15) is 0 Å². The predicted molar refractivity (Wildman–Crippen MR) is 299 cm³/mol. The Balaban J connectivity index is 0.782. The lowest BCUT2D eigenvalue weighted by atomic mass is 9.97. The summed E-state index contributed by atoms with van der Waals surface area (Å²) in [5, 5.41) is 9.58. The number of nitrogens with zero attached hydrogens (tertiary/aromatic N) is 2. The van der Waals surface area contributed by atoms with E-state index in [2.05, 4.69) is 270 Å².